The van der Waals surface area contributed by atoms with Crippen LogP contribution in [0.4, 0.5) is 5.69 Å². The minimum absolute atomic E-state index is 0.792. The van der Waals surface area contributed by atoms with Crippen LogP contribution < -0.4 is 5.73 Å². The molecule has 0 aliphatic heterocycles. The summed E-state index contributed by atoms with van der Waals surface area (Å²) in [4.78, 5) is 4.42. The number of pyridine rings is 1. The lowest BCUT2D eigenvalue weighted by molar-refractivity contribution is 0.843. The maximum atomic E-state index is 6.13. The summed E-state index contributed by atoms with van der Waals surface area (Å²) in [5.41, 5.74) is 10.3. The van der Waals surface area contributed by atoms with Crippen LogP contribution in [0, 0.1) is 0 Å². The normalized spacial score (nSPS) is 11.2. The van der Waals surface area contributed by atoms with Crippen LogP contribution in [0.1, 0.15) is 5.56 Å². The van der Waals surface area contributed by atoms with Gasteiger partial charge >= 0.3 is 0 Å². The molecule has 3 heteroatoms. The molecule has 0 unspecified atom stereocenters. The molecule has 2 heterocycles. The van der Waals surface area contributed by atoms with Crippen molar-refractivity contribution in [2.75, 3.05) is 5.73 Å². The zero-order valence-corrected chi connectivity index (χ0v) is 11.5. The molecular formula is C18H15N3. The average molecular weight is 273 g/mol. The molecule has 0 atom stereocenters. The number of nitrogens with zero attached hydrogens (tertiary/aromatic N) is 2. The Morgan fingerprint density at radius 2 is 1.86 bits per heavy atom. The fourth-order valence-corrected chi connectivity index (χ4v) is 2.90. The molecule has 0 saturated carbocycles. The molecule has 0 spiro atoms. The van der Waals surface area contributed by atoms with Crippen molar-refractivity contribution < 1.29 is 0 Å². The topological polar surface area (TPSA) is 43.8 Å². The van der Waals surface area contributed by atoms with Gasteiger partial charge < -0.3 is 10.3 Å². The molecule has 2 N–H and O–H groups in total. The molecular weight excluding hydrogens is 258 g/mol. The maximum absolute atomic E-state index is 6.13. The first-order valence-corrected chi connectivity index (χ1v) is 6.99. The molecule has 0 radical (unpaired) electrons. The van der Waals surface area contributed by atoms with E-state index in [1.807, 2.05) is 30.5 Å². The number of anilines is 1. The van der Waals surface area contributed by atoms with E-state index in [4.69, 9.17) is 5.73 Å². The average Bonchev–Trinajstić information content (AvgIpc) is 2.92. The van der Waals surface area contributed by atoms with Crippen molar-refractivity contribution in [3.63, 3.8) is 0 Å². The zero-order valence-electron chi connectivity index (χ0n) is 11.5. The van der Waals surface area contributed by atoms with Crippen molar-refractivity contribution in [2.24, 2.45) is 0 Å². The first-order valence-electron chi connectivity index (χ1n) is 6.99. The van der Waals surface area contributed by atoms with Gasteiger partial charge in [-0.3, -0.25) is 4.98 Å². The van der Waals surface area contributed by atoms with Gasteiger partial charge in [-0.25, -0.2) is 0 Å². The Morgan fingerprint density at radius 1 is 0.952 bits per heavy atom. The number of hydrogen-bond donors (Lipinski definition) is 1. The SMILES string of the molecule is Nc1cccc2ccn(Cc3ccnc4ccccc34)c12. The van der Waals surface area contributed by atoms with Crippen molar-refractivity contribution >= 4 is 27.5 Å². The van der Waals surface area contributed by atoms with E-state index in [-0.39, 0.29) is 0 Å². The summed E-state index contributed by atoms with van der Waals surface area (Å²) in [6.45, 7) is 0.792. The van der Waals surface area contributed by atoms with Crippen molar-refractivity contribution in [1.82, 2.24) is 9.55 Å². The van der Waals surface area contributed by atoms with Crippen LogP contribution in [-0.4, -0.2) is 9.55 Å². The highest BCUT2D eigenvalue weighted by Crippen LogP contribution is 2.24. The smallest absolute Gasteiger partial charge is 0.0716 e. The largest absolute Gasteiger partial charge is 0.397 e. The second kappa shape index (κ2) is 4.63. The van der Waals surface area contributed by atoms with Gasteiger partial charge in [0, 0.05) is 29.7 Å². The minimum Gasteiger partial charge on any atom is -0.397 e. The Morgan fingerprint density at radius 3 is 2.81 bits per heavy atom. The van der Waals surface area contributed by atoms with E-state index in [0.717, 1.165) is 23.3 Å². The summed E-state index contributed by atoms with van der Waals surface area (Å²) in [7, 11) is 0. The Hall–Kier alpha value is -2.81. The molecule has 0 aliphatic rings. The number of nitrogens with two attached hydrogens (primary N) is 1. The molecule has 0 saturated heterocycles. The Kier molecular flexibility index (Phi) is 2.64. The van der Waals surface area contributed by atoms with Gasteiger partial charge in [0.25, 0.3) is 0 Å². The molecule has 0 aliphatic carbocycles. The summed E-state index contributed by atoms with van der Waals surface area (Å²) >= 11 is 0. The summed E-state index contributed by atoms with van der Waals surface area (Å²) in [6.07, 6.45) is 3.96. The Labute approximate surface area is 122 Å². The highest BCUT2D eigenvalue weighted by molar-refractivity contribution is 5.91. The third kappa shape index (κ3) is 1.94. The summed E-state index contributed by atoms with van der Waals surface area (Å²) in [5.74, 6) is 0. The summed E-state index contributed by atoms with van der Waals surface area (Å²) in [6, 6.07) is 18.4. The van der Waals surface area contributed by atoms with Gasteiger partial charge in [0.1, 0.15) is 0 Å². The summed E-state index contributed by atoms with van der Waals surface area (Å²) in [5, 5.41) is 2.37. The van der Waals surface area contributed by atoms with Crippen LogP contribution in [-0.2, 0) is 6.54 Å². The monoisotopic (exact) mass is 273 g/mol. The number of rotatable bonds is 2. The quantitative estimate of drug-likeness (QED) is 0.564. The third-order valence-electron chi connectivity index (χ3n) is 3.90. The first kappa shape index (κ1) is 12.0. The fraction of sp³-hybridized carbons (Fsp3) is 0.0556. The lowest BCUT2D eigenvalue weighted by Crippen LogP contribution is -2.01. The number of fused-ring (bicyclic) bond motifs is 2. The second-order valence-corrected chi connectivity index (χ2v) is 5.22. The van der Waals surface area contributed by atoms with Gasteiger partial charge in [0.15, 0.2) is 0 Å². The molecule has 0 fully saturated rings. The van der Waals surface area contributed by atoms with E-state index in [1.54, 1.807) is 0 Å². The molecule has 102 valence electrons. The molecule has 3 nitrogen and oxygen atoms in total. The molecule has 0 amide bonds. The lowest BCUT2D eigenvalue weighted by Gasteiger charge is -2.10. The molecule has 2 aromatic heterocycles. The van der Waals surface area contributed by atoms with E-state index in [0.29, 0.717) is 0 Å². The van der Waals surface area contributed by atoms with Crippen molar-refractivity contribution in [1.29, 1.82) is 0 Å². The molecule has 0 bridgehead atoms. The lowest BCUT2D eigenvalue weighted by atomic mass is 10.1. The van der Waals surface area contributed by atoms with E-state index >= 15 is 0 Å². The third-order valence-corrected chi connectivity index (χ3v) is 3.90. The highest BCUT2D eigenvalue weighted by atomic mass is 15.0. The van der Waals surface area contributed by atoms with Gasteiger partial charge in [-0.2, -0.15) is 0 Å². The Balaban J connectivity index is 1.87. The zero-order chi connectivity index (χ0) is 14.2. The van der Waals surface area contributed by atoms with Crippen LogP contribution in [0.3, 0.4) is 0 Å². The van der Waals surface area contributed by atoms with Crippen LogP contribution >= 0.6 is 0 Å². The van der Waals surface area contributed by atoms with Gasteiger partial charge in [0.2, 0.25) is 0 Å². The predicted molar refractivity (Wildman–Crippen MR) is 87.2 cm³/mol. The van der Waals surface area contributed by atoms with Crippen LogP contribution in [0.25, 0.3) is 21.8 Å². The molecule has 4 aromatic rings. The second-order valence-electron chi connectivity index (χ2n) is 5.22. The first-order chi connectivity index (χ1) is 10.3. The molecule has 21 heavy (non-hydrogen) atoms. The number of benzene rings is 2. The number of hydrogen-bond acceptors (Lipinski definition) is 2. The molecule has 2 aromatic carbocycles. The van der Waals surface area contributed by atoms with E-state index < -0.39 is 0 Å². The highest BCUT2D eigenvalue weighted by Gasteiger charge is 2.07. The van der Waals surface area contributed by atoms with Gasteiger partial charge in [-0.05, 0) is 29.8 Å². The predicted octanol–water partition coefficient (Wildman–Crippen LogP) is 3.82. The fourth-order valence-electron chi connectivity index (χ4n) is 2.90. The van der Waals surface area contributed by atoms with Crippen LogP contribution in [0.5, 0.6) is 0 Å². The van der Waals surface area contributed by atoms with E-state index in [9.17, 15) is 0 Å². The number of nitrogen functional groups attached to an aromatic ring is 1. The van der Waals surface area contributed by atoms with Gasteiger partial charge in [-0.15, -0.1) is 0 Å². The molecule has 4 rings (SSSR count). The van der Waals surface area contributed by atoms with Crippen molar-refractivity contribution in [3.05, 3.63) is 72.6 Å². The van der Waals surface area contributed by atoms with Crippen LogP contribution in [0.2, 0.25) is 0 Å². The van der Waals surface area contributed by atoms with E-state index in [1.165, 1.54) is 16.3 Å². The van der Waals surface area contributed by atoms with Gasteiger partial charge in [-0.1, -0.05) is 30.3 Å². The number of aromatic nitrogens is 2. The number of para-hydroxylation sites is 2. The van der Waals surface area contributed by atoms with E-state index in [2.05, 4.69) is 46.1 Å². The Bertz CT molecular complexity index is 932. The minimum atomic E-state index is 0.792. The van der Waals surface area contributed by atoms with Gasteiger partial charge in [0.05, 0.1) is 16.7 Å². The maximum Gasteiger partial charge on any atom is 0.0716 e. The summed E-state index contributed by atoms with van der Waals surface area (Å²) < 4.78 is 2.20. The van der Waals surface area contributed by atoms with Crippen LogP contribution in [0.15, 0.2) is 67.0 Å². The van der Waals surface area contributed by atoms with Crippen molar-refractivity contribution in [3.8, 4) is 0 Å². The standard InChI is InChI=1S/C18H15N3/c19-16-6-3-4-13-9-11-21(18(13)16)12-14-8-10-20-17-7-2-1-5-15(14)17/h1-11H,12,19H2. The van der Waals surface area contributed by atoms with Crippen molar-refractivity contribution in [2.45, 2.75) is 6.54 Å².